The number of oxazole rings is 1. The molecular formula is C19H20N2O2S. The van der Waals surface area contributed by atoms with Crippen molar-refractivity contribution in [1.82, 2.24) is 9.88 Å². The van der Waals surface area contributed by atoms with Crippen molar-refractivity contribution in [3.05, 3.63) is 59.3 Å². The van der Waals surface area contributed by atoms with E-state index in [1.165, 1.54) is 18.4 Å². The summed E-state index contributed by atoms with van der Waals surface area (Å²) in [7, 11) is 1.70. The molecule has 1 aliphatic rings. The fourth-order valence-electron chi connectivity index (χ4n) is 3.32. The average molecular weight is 340 g/mol. The zero-order valence-corrected chi connectivity index (χ0v) is 14.5. The van der Waals surface area contributed by atoms with Gasteiger partial charge in [0.2, 0.25) is 5.89 Å². The third-order valence-corrected chi connectivity index (χ3v) is 5.37. The second-order valence-electron chi connectivity index (χ2n) is 6.02. The third kappa shape index (κ3) is 3.09. The maximum absolute atomic E-state index is 5.65. The van der Waals surface area contributed by atoms with Crippen molar-refractivity contribution in [3.63, 3.8) is 0 Å². The molecule has 5 heteroatoms. The molecule has 0 aliphatic carbocycles. The van der Waals surface area contributed by atoms with Gasteiger partial charge < -0.3 is 9.15 Å². The zero-order valence-electron chi connectivity index (χ0n) is 13.6. The molecule has 1 atom stereocenters. The first-order chi connectivity index (χ1) is 11.8. The number of benzene rings is 1. The summed E-state index contributed by atoms with van der Waals surface area (Å²) in [5.74, 6) is 1.63. The van der Waals surface area contributed by atoms with Crippen LogP contribution in [0.2, 0.25) is 0 Å². The summed E-state index contributed by atoms with van der Waals surface area (Å²) in [6.45, 7) is 1.92. The van der Waals surface area contributed by atoms with E-state index >= 15 is 0 Å². The van der Waals surface area contributed by atoms with Gasteiger partial charge in [-0.3, -0.25) is 4.90 Å². The molecule has 0 amide bonds. The maximum atomic E-state index is 5.65. The van der Waals surface area contributed by atoms with Crippen LogP contribution in [-0.4, -0.2) is 23.5 Å². The van der Waals surface area contributed by atoms with Gasteiger partial charge >= 0.3 is 0 Å². The molecule has 0 radical (unpaired) electrons. The average Bonchev–Trinajstić information content (AvgIpc) is 3.37. The first-order valence-electron chi connectivity index (χ1n) is 8.20. The summed E-state index contributed by atoms with van der Waals surface area (Å²) >= 11 is 1.65. The Balaban J connectivity index is 1.49. The molecule has 0 N–H and O–H groups in total. The Morgan fingerprint density at radius 2 is 2.17 bits per heavy atom. The lowest BCUT2D eigenvalue weighted by Gasteiger charge is -2.23. The van der Waals surface area contributed by atoms with Crippen molar-refractivity contribution in [2.24, 2.45) is 0 Å². The van der Waals surface area contributed by atoms with Crippen LogP contribution in [0.1, 0.15) is 30.1 Å². The summed E-state index contributed by atoms with van der Waals surface area (Å²) in [6.07, 6.45) is 4.19. The SMILES string of the molecule is COc1ccc(C2CCCN2Cc2coc(-c3cccs3)n2)cc1. The monoisotopic (exact) mass is 340 g/mol. The van der Waals surface area contributed by atoms with Crippen LogP contribution in [0.3, 0.4) is 0 Å². The van der Waals surface area contributed by atoms with Crippen molar-refractivity contribution in [2.45, 2.75) is 25.4 Å². The fourth-order valence-corrected chi connectivity index (χ4v) is 3.98. The molecule has 1 unspecified atom stereocenters. The Bertz CT molecular complexity index is 780. The number of rotatable bonds is 5. The van der Waals surface area contributed by atoms with E-state index in [0.717, 1.165) is 35.3 Å². The lowest BCUT2D eigenvalue weighted by atomic mass is 10.0. The molecule has 2 aromatic heterocycles. The highest BCUT2D eigenvalue weighted by atomic mass is 32.1. The van der Waals surface area contributed by atoms with Gasteiger partial charge in [-0.2, -0.15) is 0 Å². The number of aromatic nitrogens is 1. The molecule has 124 valence electrons. The summed E-state index contributed by atoms with van der Waals surface area (Å²) in [5.41, 5.74) is 2.34. The van der Waals surface area contributed by atoms with E-state index in [1.54, 1.807) is 24.7 Å². The second kappa shape index (κ2) is 6.79. The third-order valence-electron chi connectivity index (χ3n) is 4.51. The minimum Gasteiger partial charge on any atom is -0.497 e. The van der Waals surface area contributed by atoms with Crippen LogP contribution in [0.4, 0.5) is 0 Å². The van der Waals surface area contributed by atoms with Crippen LogP contribution < -0.4 is 4.74 Å². The smallest absolute Gasteiger partial charge is 0.236 e. The zero-order chi connectivity index (χ0) is 16.4. The molecule has 0 saturated carbocycles. The molecule has 3 aromatic rings. The van der Waals surface area contributed by atoms with E-state index in [-0.39, 0.29) is 0 Å². The molecule has 3 heterocycles. The number of ether oxygens (including phenoxy) is 1. The van der Waals surface area contributed by atoms with Crippen molar-refractivity contribution in [1.29, 1.82) is 0 Å². The summed E-state index contributed by atoms with van der Waals surface area (Å²) in [5, 5.41) is 2.04. The first kappa shape index (κ1) is 15.4. The minimum absolute atomic E-state index is 0.442. The lowest BCUT2D eigenvalue weighted by Crippen LogP contribution is -2.22. The Hall–Kier alpha value is -2.11. The van der Waals surface area contributed by atoms with Gasteiger partial charge in [-0.05, 0) is 48.5 Å². The number of hydrogen-bond acceptors (Lipinski definition) is 5. The first-order valence-corrected chi connectivity index (χ1v) is 9.08. The number of likely N-dealkylation sites (tertiary alicyclic amines) is 1. The van der Waals surface area contributed by atoms with Crippen molar-refractivity contribution in [3.8, 4) is 16.5 Å². The highest BCUT2D eigenvalue weighted by molar-refractivity contribution is 7.13. The number of nitrogens with zero attached hydrogens (tertiary/aromatic N) is 2. The van der Waals surface area contributed by atoms with Crippen LogP contribution in [0.25, 0.3) is 10.8 Å². The van der Waals surface area contributed by atoms with Gasteiger partial charge in [-0.1, -0.05) is 18.2 Å². The molecule has 24 heavy (non-hydrogen) atoms. The summed E-state index contributed by atoms with van der Waals surface area (Å²) in [6, 6.07) is 12.9. The number of methoxy groups -OCH3 is 1. The molecule has 4 rings (SSSR count). The van der Waals surface area contributed by atoms with Crippen LogP contribution in [0.5, 0.6) is 5.75 Å². The molecule has 0 spiro atoms. The van der Waals surface area contributed by atoms with Gasteiger partial charge in [-0.15, -0.1) is 11.3 Å². The van der Waals surface area contributed by atoms with Gasteiger partial charge in [0.15, 0.2) is 0 Å². The molecule has 4 nitrogen and oxygen atoms in total. The quantitative estimate of drug-likeness (QED) is 0.672. The summed E-state index contributed by atoms with van der Waals surface area (Å²) in [4.78, 5) is 8.22. The Kier molecular flexibility index (Phi) is 4.36. The lowest BCUT2D eigenvalue weighted by molar-refractivity contribution is 0.245. The van der Waals surface area contributed by atoms with E-state index < -0.39 is 0 Å². The normalized spacial score (nSPS) is 18.1. The summed E-state index contributed by atoms with van der Waals surface area (Å²) < 4.78 is 10.9. The van der Waals surface area contributed by atoms with E-state index in [0.29, 0.717) is 6.04 Å². The maximum Gasteiger partial charge on any atom is 0.236 e. The van der Waals surface area contributed by atoms with Gasteiger partial charge in [-0.25, -0.2) is 4.98 Å². The predicted octanol–water partition coefficient (Wildman–Crippen LogP) is 4.75. The minimum atomic E-state index is 0.442. The van der Waals surface area contributed by atoms with Gasteiger partial charge in [0.1, 0.15) is 12.0 Å². The van der Waals surface area contributed by atoms with Crippen LogP contribution in [0.15, 0.2) is 52.5 Å². The van der Waals surface area contributed by atoms with E-state index in [2.05, 4.69) is 22.0 Å². The topological polar surface area (TPSA) is 38.5 Å². The van der Waals surface area contributed by atoms with Crippen molar-refractivity contribution >= 4 is 11.3 Å². The van der Waals surface area contributed by atoms with Gasteiger partial charge in [0.25, 0.3) is 0 Å². The van der Waals surface area contributed by atoms with Gasteiger partial charge in [0, 0.05) is 12.6 Å². The van der Waals surface area contributed by atoms with E-state index in [4.69, 9.17) is 9.15 Å². The van der Waals surface area contributed by atoms with Crippen molar-refractivity contribution in [2.75, 3.05) is 13.7 Å². The highest BCUT2D eigenvalue weighted by Gasteiger charge is 2.26. The number of hydrogen-bond donors (Lipinski definition) is 0. The Morgan fingerprint density at radius 3 is 2.92 bits per heavy atom. The van der Waals surface area contributed by atoms with Crippen LogP contribution in [0, 0.1) is 0 Å². The largest absolute Gasteiger partial charge is 0.497 e. The molecule has 1 aromatic carbocycles. The van der Waals surface area contributed by atoms with Crippen LogP contribution >= 0.6 is 11.3 Å². The van der Waals surface area contributed by atoms with Gasteiger partial charge in [0.05, 0.1) is 17.7 Å². The second-order valence-corrected chi connectivity index (χ2v) is 6.97. The Labute approximate surface area is 145 Å². The standard InChI is InChI=1S/C19H20N2O2S/c1-22-16-8-6-14(7-9-16)17-4-2-10-21(17)12-15-13-23-19(20-15)18-5-3-11-24-18/h3,5-9,11,13,17H,2,4,10,12H2,1H3. The molecule has 1 saturated heterocycles. The fraction of sp³-hybridized carbons (Fsp3) is 0.316. The Morgan fingerprint density at radius 1 is 1.29 bits per heavy atom. The van der Waals surface area contributed by atoms with E-state index in [1.807, 2.05) is 29.6 Å². The molecule has 1 fully saturated rings. The van der Waals surface area contributed by atoms with Crippen LogP contribution in [-0.2, 0) is 6.54 Å². The predicted molar refractivity (Wildman–Crippen MR) is 95.2 cm³/mol. The number of thiophene rings is 1. The molecular weight excluding hydrogens is 320 g/mol. The highest BCUT2D eigenvalue weighted by Crippen LogP contribution is 2.34. The molecule has 0 bridgehead atoms. The van der Waals surface area contributed by atoms with E-state index in [9.17, 15) is 0 Å². The molecule has 1 aliphatic heterocycles. The van der Waals surface area contributed by atoms with Crippen molar-refractivity contribution < 1.29 is 9.15 Å².